The maximum Gasteiger partial charge on any atom is 0.251 e. The maximum absolute atomic E-state index is 11.3. The number of aromatic nitrogens is 2. The second-order valence-electron chi connectivity index (χ2n) is 2.62. The van der Waals surface area contributed by atoms with Crippen LogP contribution in [0.4, 0.5) is 0 Å². The highest BCUT2D eigenvalue weighted by Crippen LogP contribution is 2.17. The minimum Gasteiger partial charge on any atom is -0.360 e. The van der Waals surface area contributed by atoms with Crippen molar-refractivity contribution < 1.29 is 4.79 Å². The zero-order chi connectivity index (χ0) is 9.97. The zero-order valence-electron chi connectivity index (χ0n) is 7.01. The Morgan fingerprint density at radius 2 is 2.50 bits per heavy atom. The number of hydrogen-bond acceptors (Lipinski definition) is 2. The van der Waals surface area contributed by atoms with Crippen molar-refractivity contribution in [3.8, 4) is 0 Å². The fourth-order valence-corrected chi connectivity index (χ4v) is 1.23. The molecule has 0 spiro atoms. The molecule has 0 radical (unpaired) electrons. The minimum atomic E-state index is -0.605. The predicted molar refractivity (Wildman–Crippen MR) is 49.6 cm³/mol. The van der Waals surface area contributed by atoms with Gasteiger partial charge in [-0.3, -0.25) is 9.78 Å². The second kappa shape index (κ2) is 3.20. The standard InChI is InChI=1S/C8H5N5O/c9-13-12-8(14)6-4-11-7-1-2-10-3-5(6)7/h1-4,11H. The van der Waals surface area contributed by atoms with E-state index in [0.717, 1.165) is 5.52 Å². The lowest BCUT2D eigenvalue weighted by molar-refractivity contribution is 0.100. The van der Waals surface area contributed by atoms with Gasteiger partial charge in [-0.05, 0) is 16.7 Å². The second-order valence-corrected chi connectivity index (χ2v) is 2.62. The van der Waals surface area contributed by atoms with Crippen molar-refractivity contribution in [1.29, 1.82) is 0 Å². The smallest absolute Gasteiger partial charge is 0.251 e. The highest BCUT2D eigenvalue weighted by Gasteiger charge is 2.09. The van der Waals surface area contributed by atoms with Gasteiger partial charge in [0, 0.05) is 34.4 Å². The van der Waals surface area contributed by atoms with Gasteiger partial charge < -0.3 is 4.98 Å². The van der Waals surface area contributed by atoms with Crippen LogP contribution in [-0.4, -0.2) is 15.9 Å². The third-order valence-electron chi connectivity index (χ3n) is 1.85. The zero-order valence-corrected chi connectivity index (χ0v) is 7.01. The quantitative estimate of drug-likeness (QED) is 0.420. The van der Waals surface area contributed by atoms with Crippen LogP contribution < -0.4 is 0 Å². The molecule has 2 heterocycles. The third kappa shape index (κ3) is 1.19. The van der Waals surface area contributed by atoms with E-state index in [4.69, 9.17) is 5.53 Å². The van der Waals surface area contributed by atoms with Crippen LogP contribution in [0, 0.1) is 0 Å². The van der Waals surface area contributed by atoms with Gasteiger partial charge in [-0.15, -0.1) is 0 Å². The topological polar surface area (TPSA) is 94.5 Å². The Balaban J connectivity index is 2.64. The molecule has 2 aromatic rings. The summed E-state index contributed by atoms with van der Waals surface area (Å²) in [4.78, 5) is 20.5. The van der Waals surface area contributed by atoms with Crippen LogP contribution in [-0.2, 0) is 0 Å². The lowest BCUT2D eigenvalue weighted by atomic mass is 10.2. The fraction of sp³-hybridized carbons (Fsp3) is 0. The van der Waals surface area contributed by atoms with E-state index in [9.17, 15) is 4.79 Å². The van der Waals surface area contributed by atoms with Gasteiger partial charge in [0.05, 0.1) is 5.56 Å². The highest BCUT2D eigenvalue weighted by molar-refractivity contribution is 6.06. The molecule has 0 aliphatic heterocycles. The summed E-state index contributed by atoms with van der Waals surface area (Å²) in [6.45, 7) is 0. The van der Waals surface area contributed by atoms with Gasteiger partial charge in [-0.2, -0.15) is 0 Å². The van der Waals surface area contributed by atoms with Crippen molar-refractivity contribution in [2.45, 2.75) is 0 Å². The monoisotopic (exact) mass is 187 g/mol. The van der Waals surface area contributed by atoms with Crippen molar-refractivity contribution in [1.82, 2.24) is 9.97 Å². The summed E-state index contributed by atoms with van der Waals surface area (Å²) >= 11 is 0. The summed E-state index contributed by atoms with van der Waals surface area (Å²) in [5.41, 5.74) is 9.25. The Kier molecular flexibility index (Phi) is 1.89. The first kappa shape index (κ1) is 8.28. The highest BCUT2D eigenvalue weighted by atomic mass is 16.1. The predicted octanol–water partition coefficient (Wildman–Crippen LogP) is 2.01. The normalized spacial score (nSPS) is 9.71. The van der Waals surface area contributed by atoms with Gasteiger partial charge in [-0.25, -0.2) is 0 Å². The number of nitrogens with one attached hydrogen (secondary N) is 1. The lowest BCUT2D eigenvalue weighted by Crippen LogP contribution is -1.90. The van der Waals surface area contributed by atoms with Crippen molar-refractivity contribution >= 4 is 16.8 Å². The SMILES string of the molecule is [N-]=[N+]=NC(=O)c1c[nH]c2ccncc12. The van der Waals surface area contributed by atoms with Crippen molar-refractivity contribution in [2.75, 3.05) is 0 Å². The van der Waals surface area contributed by atoms with Crippen molar-refractivity contribution in [2.24, 2.45) is 5.11 Å². The third-order valence-corrected chi connectivity index (χ3v) is 1.85. The number of amides is 1. The molecule has 0 aliphatic carbocycles. The fourth-order valence-electron chi connectivity index (χ4n) is 1.23. The Morgan fingerprint density at radius 1 is 1.64 bits per heavy atom. The molecule has 0 atom stereocenters. The summed E-state index contributed by atoms with van der Waals surface area (Å²) in [5.74, 6) is -0.605. The van der Waals surface area contributed by atoms with Crippen LogP contribution in [0.2, 0.25) is 0 Å². The molecule has 0 aliphatic rings. The van der Waals surface area contributed by atoms with Gasteiger partial charge in [0.1, 0.15) is 0 Å². The van der Waals surface area contributed by atoms with Gasteiger partial charge >= 0.3 is 0 Å². The van der Waals surface area contributed by atoms with E-state index in [2.05, 4.69) is 20.0 Å². The number of pyridine rings is 1. The largest absolute Gasteiger partial charge is 0.360 e. The molecule has 0 unspecified atom stereocenters. The molecular weight excluding hydrogens is 182 g/mol. The molecule has 1 amide bonds. The molecule has 0 fully saturated rings. The average Bonchev–Trinajstić information content (AvgIpc) is 2.61. The molecule has 2 aromatic heterocycles. The van der Waals surface area contributed by atoms with E-state index in [1.807, 2.05) is 0 Å². The molecule has 0 saturated heterocycles. The van der Waals surface area contributed by atoms with E-state index in [0.29, 0.717) is 10.9 Å². The minimum absolute atomic E-state index is 0.339. The van der Waals surface area contributed by atoms with Crippen LogP contribution in [0.3, 0.4) is 0 Å². The van der Waals surface area contributed by atoms with Crippen LogP contribution in [0.15, 0.2) is 29.8 Å². The maximum atomic E-state index is 11.3. The Hall–Kier alpha value is -2.33. The molecule has 14 heavy (non-hydrogen) atoms. The molecule has 2 rings (SSSR count). The number of nitrogens with zero attached hydrogens (tertiary/aromatic N) is 4. The molecule has 1 N–H and O–H groups in total. The van der Waals surface area contributed by atoms with Gasteiger partial charge in [-0.1, -0.05) is 0 Å². The summed E-state index contributed by atoms with van der Waals surface area (Å²) < 4.78 is 0. The van der Waals surface area contributed by atoms with Crippen LogP contribution in [0.25, 0.3) is 21.3 Å². The number of carbonyl (C=O) groups is 1. The van der Waals surface area contributed by atoms with E-state index >= 15 is 0 Å². The Morgan fingerprint density at radius 3 is 3.29 bits per heavy atom. The van der Waals surface area contributed by atoms with Gasteiger partial charge in [0.2, 0.25) is 0 Å². The van der Waals surface area contributed by atoms with E-state index in [1.165, 1.54) is 6.20 Å². The summed E-state index contributed by atoms with van der Waals surface area (Å²) in [5, 5.41) is 3.67. The molecule has 6 heteroatoms. The van der Waals surface area contributed by atoms with Crippen LogP contribution in [0.5, 0.6) is 0 Å². The van der Waals surface area contributed by atoms with Crippen molar-refractivity contribution in [3.05, 3.63) is 40.7 Å². The number of fused-ring (bicyclic) bond motifs is 1. The van der Waals surface area contributed by atoms with E-state index in [1.54, 1.807) is 18.5 Å². The molecule has 6 nitrogen and oxygen atoms in total. The Bertz CT molecular complexity index is 537. The lowest BCUT2D eigenvalue weighted by Gasteiger charge is -1.89. The first-order valence-corrected chi connectivity index (χ1v) is 3.83. The van der Waals surface area contributed by atoms with E-state index in [-0.39, 0.29) is 0 Å². The molecule has 68 valence electrons. The first-order valence-electron chi connectivity index (χ1n) is 3.83. The first-order chi connectivity index (χ1) is 6.83. The van der Waals surface area contributed by atoms with Crippen LogP contribution >= 0.6 is 0 Å². The summed E-state index contributed by atoms with van der Waals surface area (Å²) in [6.07, 6.45) is 4.66. The number of aromatic amines is 1. The number of carbonyl (C=O) groups excluding carboxylic acids is 1. The molecule has 0 aromatic carbocycles. The van der Waals surface area contributed by atoms with E-state index < -0.39 is 5.91 Å². The summed E-state index contributed by atoms with van der Waals surface area (Å²) in [7, 11) is 0. The number of H-pyrrole nitrogens is 1. The van der Waals surface area contributed by atoms with Gasteiger partial charge in [0.15, 0.2) is 0 Å². The van der Waals surface area contributed by atoms with Gasteiger partial charge in [0.25, 0.3) is 5.91 Å². The average molecular weight is 187 g/mol. The number of hydrogen-bond donors (Lipinski definition) is 1. The summed E-state index contributed by atoms with van der Waals surface area (Å²) in [6, 6.07) is 1.74. The molecular formula is C8H5N5O. The molecule has 0 saturated carbocycles. The number of rotatable bonds is 1. The molecule has 0 bridgehead atoms. The Labute approximate surface area is 78.2 Å². The van der Waals surface area contributed by atoms with Crippen molar-refractivity contribution in [3.63, 3.8) is 0 Å². The van der Waals surface area contributed by atoms with Crippen LogP contribution in [0.1, 0.15) is 10.4 Å². The number of azide groups is 1.